The minimum atomic E-state index is 0.272. The van der Waals surface area contributed by atoms with E-state index in [0.717, 1.165) is 38.0 Å². The van der Waals surface area contributed by atoms with Crippen LogP contribution in [0, 0.1) is 0 Å². The normalized spacial score (nSPS) is 16.4. The summed E-state index contributed by atoms with van der Waals surface area (Å²) in [4.78, 5) is 2.38. The van der Waals surface area contributed by atoms with Gasteiger partial charge in [0.15, 0.2) is 0 Å². The SMILES string of the molecule is CCc1c(N2CCC(N)CC2)cnn1-c1ccc(O)cc1. The van der Waals surface area contributed by atoms with E-state index in [1.807, 2.05) is 23.0 Å². The van der Waals surface area contributed by atoms with E-state index < -0.39 is 0 Å². The average molecular weight is 286 g/mol. The van der Waals surface area contributed by atoms with E-state index in [2.05, 4.69) is 16.9 Å². The van der Waals surface area contributed by atoms with Crippen molar-refractivity contribution >= 4 is 5.69 Å². The number of benzene rings is 1. The van der Waals surface area contributed by atoms with Gasteiger partial charge in [0.25, 0.3) is 0 Å². The van der Waals surface area contributed by atoms with Crippen LogP contribution in [0.2, 0.25) is 0 Å². The van der Waals surface area contributed by atoms with Crippen LogP contribution in [-0.4, -0.2) is 34.0 Å². The summed E-state index contributed by atoms with van der Waals surface area (Å²) in [5, 5.41) is 14.0. The van der Waals surface area contributed by atoms with Crippen molar-refractivity contribution in [3.63, 3.8) is 0 Å². The van der Waals surface area contributed by atoms with E-state index in [4.69, 9.17) is 5.73 Å². The first-order valence-electron chi connectivity index (χ1n) is 7.56. The van der Waals surface area contributed by atoms with Crippen LogP contribution in [0.5, 0.6) is 5.75 Å². The van der Waals surface area contributed by atoms with Gasteiger partial charge in [-0.2, -0.15) is 5.10 Å². The van der Waals surface area contributed by atoms with Crippen molar-refractivity contribution in [2.24, 2.45) is 5.73 Å². The van der Waals surface area contributed by atoms with Crippen molar-refractivity contribution in [2.45, 2.75) is 32.2 Å². The number of nitrogens with two attached hydrogens (primary N) is 1. The highest BCUT2D eigenvalue weighted by Crippen LogP contribution is 2.27. The number of hydrogen-bond acceptors (Lipinski definition) is 4. The number of aromatic nitrogens is 2. The van der Waals surface area contributed by atoms with Crippen molar-refractivity contribution in [1.82, 2.24) is 9.78 Å². The molecule has 3 rings (SSSR count). The molecule has 3 N–H and O–H groups in total. The van der Waals surface area contributed by atoms with Gasteiger partial charge in [-0.3, -0.25) is 0 Å². The third kappa shape index (κ3) is 2.74. The molecular formula is C16H22N4O. The first kappa shape index (κ1) is 13.9. The first-order valence-corrected chi connectivity index (χ1v) is 7.56. The second kappa shape index (κ2) is 5.77. The maximum absolute atomic E-state index is 9.41. The minimum absolute atomic E-state index is 0.272. The van der Waals surface area contributed by atoms with Crippen LogP contribution in [0.1, 0.15) is 25.5 Å². The molecule has 112 valence electrons. The molecular weight excluding hydrogens is 264 g/mol. The van der Waals surface area contributed by atoms with Crippen LogP contribution in [0.15, 0.2) is 30.5 Å². The lowest BCUT2D eigenvalue weighted by molar-refractivity contribution is 0.475. The first-order chi connectivity index (χ1) is 10.2. The third-order valence-corrected chi connectivity index (χ3v) is 4.16. The lowest BCUT2D eigenvalue weighted by atomic mass is 10.1. The molecule has 0 atom stereocenters. The lowest BCUT2D eigenvalue weighted by Crippen LogP contribution is -2.39. The molecule has 1 aliphatic rings. The Kier molecular flexibility index (Phi) is 3.84. The van der Waals surface area contributed by atoms with E-state index >= 15 is 0 Å². The molecule has 1 aliphatic heterocycles. The smallest absolute Gasteiger partial charge is 0.115 e. The predicted molar refractivity (Wildman–Crippen MR) is 84.0 cm³/mol. The molecule has 0 aliphatic carbocycles. The fourth-order valence-electron chi connectivity index (χ4n) is 2.92. The fourth-order valence-corrected chi connectivity index (χ4v) is 2.92. The highest BCUT2D eigenvalue weighted by molar-refractivity contribution is 5.53. The molecule has 1 fully saturated rings. The number of aromatic hydroxyl groups is 1. The summed E-state index contributed by atoms with van der Waals surface area (Å²) < 4.78 is 1.96. The van der Waals surface area contributed by atoms with Gasteiger partial charge in [0, 0.05) is 19.1 Å². The minimum Gasteiger partial charge on any atom is -0.508 e. The monoisotopic (exact) mass is 286 g/mol. The third-order valence-electron chi connectivity index (χ3n) is 4.16. The Bertz CT molecular complexity index is 597. The maximum atomic E-state index is 9.41. The van der Waals surface area contributed by atoms with Crippen LogP contribution in [0.3, 0.4) is 0 Å². The summed E-state index contributed by atoms with van der Waals surface area (Å²) in [5.41, 5.74) is 9.37. The quantitative estimate of drug-likeness (QED) is 0.906. The van der Waals surface area contributed by atoms with Crippen molar-refractivity contribution in [1.29, 1.82) is 0 Å². The Balaban J connectivity index is 1.91. The van der Waals surface area contributed by atoms with E-state index in [9.17, 15) is 5.11 Å². The molecule has 21 heavy (non-hydrogen) atoms. The fraction of sp³-hybridized carbons (Fsp3) is 0.438. The van der Waals surface area contributed by atoms with Gasteiger partial charge >= 0.3 is 0 Å². The van der Waals surface area contributed by atoms with Gasteiger partial charge in [0.05, 0.1) is 23.3 Å². The average Bonchev–Trinajstić information content (AvgIpc) is 2.92. The molecule has 2 aromatic rings. The Morgan fingerprint density at radius 1 is 1.24 bits per heavy atom. The summed E-state index contributed by atoms with van der Waals surface area (Å²) in [7, 11) is 0. The van der Waals surface area contributed by atoms with Gasteiger partial charge in [-0.25, -0.2) is 4.68 Å². The molecule has 0 saturated carbocycles. The number of nitrogens with zero attached hydrogens (tertiary/aromatic N) is 3. The van der Waals surface area contributed by atoms with Crippen LogP contribution < -0.4 is 10.6 Å². The zero-order valence-corrected chi connectivity index (χ0v) is 12.4. The van der Waals surface area contributed by atoms with Gasteiger partial charge in [-0.05, 0) is 43.5 Å². The van der Waals surface area contributed by atoms with Gasteiger partial charge in [-0.1, -0.05) is 6.92 Å². The number of hydrogen-bond donors (Lipinski definition) is 2. The standard InChI is InChI=1S/C16H22N4O/c1-2-15-16(19-9-7-12(17)8-10-19)11-18-20(15)13-3-5-14(21)6-4-13/h3-6,11-12,21H,2,7-10,17H2,1H3. The van der Waals surface area contributed by atoms with Gasteiger partial charge < -0.3 is 15.7 Å². The van der Waals surface area contributed by atoms with Crippen molar-refractivity contribution in [3.8, 4) is 11.4 Å². The van der Waals surface area contributed by atoms with E-state index in [1.54, 1.807) is 12.1 Å². The van der Waals surface area contributed by atoms with E-state index in [-0.39, 0.29) is 5.75 Å². The number of phenols is 1. The maximum Gasteiger partial charge on any atom is 0.115 e. The Morgan fingerprint density at radius 2 is 1.90 bits per heavy atom. The highest BCUT2D eigenvalue weighted by Gasteiger charge is 2.21. The van der Waals surface area contributed by atoms with Gasteiger partial charge in [-0.15, -0.1) is 0 Å². The Hall–Kier alpha value is -2.01. The van der Waals surface area contributed by atoms with Crippen molar-refractivity contribution < 1.29 is 5.11 Å². The molecule has 0 unspecified atom stereocenters. The van der Waals surface area contributed by atoms with Crippen LogP contribution >= 0.6 is 0 Å². The van der Waals surface area contributed by atoms with Crippen LogP contribution in [0.4, 0.5) is 5.69 Å². The summed E-state index contributed by atoms with van der Waals surface area (Å²) in [6.45, 7) is 4.14. The van der Waals surface area contributed by atoms with Crippen molar-refractivity contribution in [3.05, 3.63) is 36.2 Å². The summed E-state index contributed by atoms with van der Waals surface area (Å²) in [5.74, 6) is 0.272. The highest BCUT2D eigenvalue weighted by atomic mass is 16.3. The summed E-state index contributed by atoms with van der Waals surface area (Å²) in [6.07, 6.45) is 4.93. The molecule has 0 bridgehead atoms. The number of rotatable bonds is 3. The summed E-state index contributed by atoms with van der Waals surface area (Å²) >= 11 is 0. The molecule has 2 heterocycles. The second-order valence-electron chi connectivity index (χ2n) is 5.58. The van der Waals surface area contributed by atoms with Crippen LogP contribution in [-0.2, 0) is 6.42 Å². The number of phenolic OH excluding ortho intramolecular Hbond substituents is 1. The molecule has 0 amide bonds. The molecule has 1 saturated heterocycles. The Morgan fingerprint density at radius 3 is 2.52 bits per heavy atom. The largest absolute Gasteiger partial charge is 0.508 e. The predicted octanol–water partition coefficient (Wildman–Crippen LogP) is 2.07. The van der Waals surface area contributed by atoms with Crippen molar-refractivity contribution in [2.75, 3.05) is 18.0 Å². The van der Waals surface area contributed by atoms with Gasteiger partial charge in [0.1, 0.15) is 5.75 Å². The van der Waals surface area contributed by atoms with E-state index in [0.29, 0.717) is 6.04 Å². The molecule has 5 heteroatoms. The lowest BCUT2D eigenvalue weighted by Gasteiger charge is -2.31. The van der Waals surface area contributed by atoms with Gasteiger partial charge in [0.2, 0.25) is 0 Å². The Labute approximate surface area is 125 Å². The topological polar surface area (TPSA) is 67.3 Å². The summed E-state index contributed by atoms with van der Waals surface area (Å²) in [6, 6.07) is 7.49. The molecule has 1 aromatic carbocycles. The zero-order chi connectivity index (χ0) is 14.8. The molecule has 0 spiro atoms. The number of piperidine rings is 1. The molecule has 5 nitrogen and oxygen atoms in total. The second-order valence-corrected chi connectivity index (χ2v) is 5.58. The van der Waals surface area contributed by atoms with E-state index in [1.165, 1.54) is 11.4 Å². The molecule has 1 aromatic heterocycles. The molecule has 0 radical (unpaired) electrons. The number of anilines is 1. The zero-order valence-electron chi connectivity index (χ0n) is 12.4. The van der Waals surface area contributed by atoms with Crippen LogP contribution in [0.25, 0.3) is 5.69 Å².